The highest BCUT2D eigenvalue weighted by Crippen LogP contribution is 2.29. The second kappa shape index (κ2) is 8.69. The summed E-state index contributed by atoms with van der Waals surface area (Å²) in [4.78, 5) is 12.0. The van der Waals surface area contributed by atoms with E-state index in [0.717, 1.165) is 12.1 Å². The van der Waals surface area contributed by atoms with Crippen LogP contribution in [-0.4, -0.2) is 36.8 Å². The van der Waals surface area contributed by atoms with Gasteiger partial charge in [-0.05, 0) is 24.1 Å². The molecule has 0 aliphatic carbocycles. The number of carbonyl (C=O) groups excluding carboxylic acids is 1. The summed E-state index contributed by atoms with van der Waals surface area (Å²) in [5.74, 6) is -0.514. The number of hydrogen-bond acceptors (Lipinski definition) is 3. The highest BCUT2D eigenvalue weighted by atomic mass is 35.5. The van der Waals surface area contributed by atoms with Crippen LogP contribution in [0.1, 0.15) is 18.1 Å². The van der Waals surface area contributed by atoms with Crippen LogP contribution >= 0.6 is 12.4 Å². The van der Waals surface area contributed by atoms with Crippen LogP contribution in [0.5, 0.6) is 0 Å². The zero-order valence-corrected chi connectivity index (χ0v) is 14.1. The molecule has 0 bridgehead atoms. The van der Waals surface area contributed by atoms with Crippen LogP contribution in [-0.2, 0) is 17.4 Å². The summed E-state index contributed by atoms with van der Waals surface area (Å²) in [5, 5.41) is 15.5. The van der Waals surface area contributed by atoms with Gasteiger partial charge in [-0.2, -0.15) is 13.2 Å². The van der Waals surface area contributed by atoms with Crippen LogP contribution in [0.2, 0.25) is 0 Å². The number of aliphatic hydroxyl groups excluding tert-OH is 1. The standard InChI is InChI=1S/C16H21F3N2O2.ClH/c1-10(15(23)21-8-12-7-20-9-14(12)22)6-11-2-4-13(5-3-11)16(17,18)19;/h2-5,10,12,14,20,22H,6-9H2,1H3,(H,21,23);1H. The third kappa shape index (κ3) is 5.65. The molecule has 3 unspecified atom stereocenters. The Morgan fingerprint density at radius 1 is 1.33 bits per heavy atom. The van der Waals surface area contributed by atoms with E-state index >= 15 is 0 Å². The summed E-state index contributed by atoms with van der Waals surface area (Å²) in [6, 6.07) is 4.86. The molecule has 24 heavy (non-hydrogen) atoms. The maximum atomic E-state index is 12.5. The van der Waals surface area contributed by atoms with E-state index in [1.54, 1.807) is 6.92 Å². The molecule has 1 fully saturated rings. The van der Waals surface area contributed by atoms with Crippen molar-refractivity contribution >= 4 is 18.3 Å². The average Bonchev–Trinajstić information content (AvgIpc) is 2.89. The fourth-order valence-corrected chi connectivity index (χ4v) is 2.61. The van der Waals surface area contributed by atoms with Gasteiger partial charge in [-0.1, -0.05) is 19.1 Å². The topological polar surface area (TPSA) is 61.4 Å². The monoisotopic (exact) mass is 366 g/mol. The highest BCUT2D eigenvalue weighted by molar-refractivity contribution is 5.85. The van der Waals surface area contributed by atoms with Crippen LogP contribution in [0, 0.1) is 11.8 Å². The molecule has 8 heteroatoms. The van der Waals surface area contributed by atoms with Gasteiger partial charge in [0.25, 0.3) is 0 Å². The second-order valence-electron chi connectivity index (χ2n) is 6.03. The van der Waals surface area contributed by atoms with Crippen molar-refractivity contribution in [2.75, 3.05) is 19.6 Å². The molecule has 1 saturated heterocycles. The van der Waals surface area contributed by atoms with Crippen molar-refractivity contribution in [3.8, 4) is 0 Å². The third-order valence-corrected chi connectivity index (χ3v) is 4.11. The minimum atomic E-state index is -4.35. The van der Waals surface area contributed by atoms with E-state index in [1.807, 2.05) is 0 Å². The first kappa shape index (κ1) is 20.7. The molecule has 3 N–H and O–H groups in total. The van der Waals surface area contributed by atoms with Crippen LogP contribution in [0.3, 0.4) is 0 Å². The highest BCUT2D eigenvalue weighted by Gasteiger charge is 2.30. The molecule has 0 spiro atoms. The first-order chi connectivity index (χ1) is 10.8. The zero-order chi connectivity index (χ0) is 17.0. The molecule has 1 aromatic carbocycles. The Morgan fingerprint density at radius 3 is 2.46 bits per heavy atom. The number of rotatable bonds is 5. The van der Waals surface area contributed by atoms with Crippen molar-refractivity contribution in [3.63, 3.8) is 0 Å². The number of nitrogens with one attached hydrogen (secondary N) is 2. The molecule has 4 nitrogen and oxygen atoms in total. The Kier molecular flexibility index (Phi) is 7.51. The van der Waals surface area contributed by atoms with Gasteiger partial charge in [0.2, 0.25) is 5.91 Å². The summed E-state index contributed by atoms with van der Waals surface area (Å²) in [6.45, 7) is 3.32. The van der Waals surface area contributed by atoms with Gasteiger partial charge in [0, 0.05) is 31.5 Å². The minimum Gasteiger partial charge on any atom is -0.391 e. The van der Waals surface area contributed by atoms with Crippen molar-refractivity contribution in [1.29, 1.82) is 0 Å². The van der Waals surface area contributed by atoms with E-state index in [2.05, 4.69) is 10.6 Å². The maximum Gasteiger partial charge on any atom is 0.416 e. The van der Waals surface area contributed by atoms with E-state index in [1.165, 1.54) is 12.1 Å². The molecular formula is C16H22ClF3N2O2. The van der Waals surface area contributed by atoms with Gasteiger partial charge >= 0.3 is 6.18 Å². The van der Waals surface area contributed by atoms with Gasteiger partial charge in [0.05, 0.1) is 11.7 Å². The van der Waals surface area contributed by atoms with E-state index in [-0.39, 0.29) is 30.2 Å². The molecular weight excluding hydrogens is 345 g/mol. The fourth-order valence-electron chi connectivity index (χ4n) is 2.61. The molecule has 1 aromatic rings. The Bertz CT molecular complexity index is 537. The Morgan fingerprint density at radius 2 is 1.96 bits per heavy atom. The van der Waals surface area contributed by atoms with Crippen molar-refractivity contribution in [3.05, 3.63) is 35.4 Å². The van der Waals surface area contributed by atoms with Gasteiger partial charge in [-0.3, -0.25) is 4.79 Å². The molecule has 1 heterocycles. The first-order valence-electron chi connectivity index (χ1n) is 7.60. The molecule has 1 amide bonds. The number of amides is 1. The number of benzene rings is 1. The van der Waals surface area contributed by atoms with Crippen molar-refractivity contribution in [1.82, 2.24) is 10.6 Å². The third-order valence-electron chi connectivity index (χ3n) is 4.11. The van der Waals surface area contributed by atoms with Crippen LogP contribution in [0.4, 0.5) is 13.2 Å². The lowest BCUT2D eigenvalue weighted by Crippen LogP contribution is -2.37. The van der Waals surface area contributed by atoms with Crippen molar-refractivity contribution < 1.29 is 23.1 Å². The quantitative estimate of drug-likeness (QED) is 0.747. The summed E-state index contributed by atoms with van der Waals surface area (Å²) in [5.41, 5.74) is -0.00991. The summed E-state index contributed by atoms with van der Waals surface area (Å²) >= 11 is 0. The predicted molar refractivity (Wildman–Crippen MR) is 86.9 cm³/mol. The number of alkyl halides is 3. The van der Waals surface area contributed by atoms with E-state index < -0.39 is 17.8 Å². The van der Waals surface area contributed by atoms with Gasteiger partial charge in [0.1, 0.15) is 0 Å². The van der Waals surface area contributed by atoms with Gasteiger partial charge in [0.15, 0.2) is 0 Å². The lowest BCUT2D eigenvalue weighted by atomic mass is 9.98. The first-order valence-corrected chi connectivity index (χ1v) is 7.60. The summed E-state index contributed by atoms with van der Waals surface area (Å²) in [7, 11) is 0. The molecule has 1 aliphatic rings. The molecule has 136 valence electrons. The predicted octanol–water partition coefficient (Wildman–Crippen LogP) is 2.00. The van der Waals surface area contributed by atoms with Gasteiger partial charge in [-0.15, -0.1) is 12.4 Å². The molecule has 2 rings (SSSR count). The number of carbonyl (C=O) groups is 1. The smallest absolute Gasteiger partial charge is 0.391 e. The van der Waals surface area contributed by atoms with E-state index in [4.69, 9.17) is 0 Å². The average molecular weight is 367 g/mol. The molecule has 0 saturated carbocycles. The second-order valence-corrected chi connectivity index (χ2v) is 6.03. The van der Waals surface area contributed by atoms with E-state index in [0.29, 0.717) is 31.6 Å². The SMILES string of the molecule is CC(Cc1ccc(C(F)(F)F)cc1)C(=O)NCC1CNCC1O.Cl. The van der Waals surface area contributed by atoms with Gasteiger partial charge < -0.3 is 15.7 Å². The summed E-state index contributed by atoms with van der Waals surface area (Å²) < 4.78 is 37.5. The molecule has 0 aromatic heterocycles. The maximum absolute atomic E-state index is 12.5. The van der Waals surface area contributed by atoms with Gasteiger partial charge in [-0.25, -0.2) is 0 Å². The Labute approximate surface area is 145 Å². The minimum absolute atomic E-state index is 0. The number of β-amino-alcohol motifs (C(OH)–C–C–N with tert-alkyl or cyclic N) is 1. The van der Waals surface area contributed by atoms with Crippen molar-refractivity contribution in [2.24, 2.45) is 11.8 Å². The zero-order valence-electron chi connectivity index (χ0n) is 13.3. The lowest BCUT2D eigenvalue weighted by Gasteiger charge is -2.17. The van der Waals surface area contributed by atoms with Crippen LogP contribution in [0.15, 0.2) is 24.3 Å². The van der Waals surface area contributed by atoms with E-state index in [9.17, 15) is 23.1 Å². The normalized spacial score (nSPS) is 21.9. The molecule has 3 atom stereocenters. The molecule has 1 aliphatic heterocycles. The number of hydrogen-bond donors (Lipinski definition) is 3. The number of halogens is 4. The number of aliphatic hydroxyl groups is 1. The molecule has 0 radical (unpaired) electrons. The lowest BCUT2D eigenvalue weighted by molar-refractivity contribution is -0.137. The fraction of sp³-hybridized carbons (Fsp3) is 0.562. The van der Waals surface area contributed by atoms with Crippen LogP contribution < -0.4 is 10.6 Å². The Balaban J connectivity index is 0.00000288. The Hall–Kier alpha value is -1.31. The van der Waals surface area contributed by atoms with Crippen molar-refractivity contribution in [2.45, 2.75) is 25.6 Å². The summed E-state index contributed by atoms with van der Waals surface area (Å²) in [6.07, 6.45) is -4.44. The largest absolute Gasteiger partial charge is 0.416 e. The van der Waals surface area contributed by atoms with Crippen LogP contribution in [0.25, 0.3) is 0 Å².